The number of nitrogens with one attached hydrogen (secondary N) is 1. The van der Waals surface area contributed by atoms with Crippen LogP contribution >= 0.6 is 34.8 Å². The molecule has 0 bridgehead atoms. The highest BCUT2D eigenvalue weighted by molar-refractivity contribution is 6.35. The number of nitrogens with zero attached hydrogens (tertiary/aromatic N) is 2. The lowest BCUT2D eigenvalue weighted by atomic mass is 10.3. The van der Waals surface area contributed by atoms with Gasteiger partial charge in [-0.25, -0.2) is 4.98 Å². The highest BCUT2D eigenvalue weighted by atomic mass is 35.5. The zero-order valence-corrected chi connectivity index (χ0v) is 11.3. The van der Waals surface area contributed by atoms with Crippen LogP contribution in [-0.2, 0) is 13.6 Å². The normalized spacial score (nSPS) is 10.6. The molecule has 0 saturated heterocycles. The van der Waals surface area contributed by atoms with Gasteiger partial charge in [0.25, 0.3) is 0 Å². The fraction of sp³-hybridized carbons (Fsp3) is 0.182. The van der Waals surface area contributed by atoms with E-state index in [0.29, 0.717) is 21.7 Å². The molecule has 0 unspecified atom stereocenters. The van der Waals surface area contributed by atoms with Crippen LogP contribution in [0.3, 0.4) is 0 Å². The molecule has 17 heavy (non-hydrogen) atoms. The van der Waals surface area contributed by atoms with E-state index >= 15 is 0 Å². The average molecular weight is 291 g/mol. The van der Waals surface area contributed by atoms with Crippen LogP contribution in [0.25, 0.3) is 0 Å². The van der Waals surface area contributed by atoms with Crippen LogP contribution in [-0.4, -0.2) is 9.55 Å². The Balaban J connectivity index is 2.12. The molecule has 0 spiro atoms. The van der Waals surface area contributed by atoms with Gasteiger partial charge in [0.1, 0.15) is 11.0 Å². The minimum absolute atomic E-state index is 0.531. The molecule has 1 N–H and O–H groups in total. The summed E-state index contributed by atoms with van der Waals surface area (Å²) in [5.74, 6) is 0.825. The van der Waals surface area contributed by atoms with Crippen molar-refractivity contribution in [2.45, 2.75) is 6.54 Å². The van der Waals surface area contributed by atoms with E-state index in [1.165, 1.54) is 0 Å². The molecule has 90 valence electrons. The maximum atomic E-state index is 6.03. The highest BCUT2D eigenvalue weighted by Gasteiger charge is 2.06. The van der Waals surface area contributed by atoms with Crippen molar-refractivity contribution < 1.29 is 0 Å². The van der Waals surface area contributed by atoms with Crippen molar-refractivity contribution in [3.05, 3.63) is 45.4 Å². The maximum Gasteiger partial charge on any atom is 0.128 e. The fourth-order valence-electron chi connectivity index (χ4n) is 1.40. The Kier molecular flexibility index (Phi) is 3.82. The first kappa shape index (κ1) is 12.6. The number of rotatable bonds is 3. The summed E-state index contributed by atoms with van der Waals surface area (Å²) in [6.45, 7) is 0.531. The molecule has 0 radical (unpaired) electrons. The van der Waals surface area contributed by atoms with Gasteiger partial charge in [0.2, 0.25) is 0 Å². The summed E-state index contributed by atoms with van der Waals surface area (Å²) in [6.07, 6.45) is 1.61. The van der Waals surface area contributed by atoms with Gasteiger partial charge in [-0.1, -0.05) is 34.8 Å². The van der Waals surface area contributed by atoms with Gasteiger partial charge in [-0.15, -0.1) is 0 Å². The van der Waals surface area contributed by atoms with Gasteiger partial charge in [-0.05, 0) is 18.2 Å². The molecule has 0 aliphatic carbocycles. The molecule has 0 aliphatic rings. The Morgan fingerprint density at radius 2 is 2.06 bits per heavy atom. The van der Waals surface area contributed by atoms with Crippen molar-refractivity contribution in [2.75, 3.05) is 5.32 Å². The van der Waals surface area contributed by atoms with Crippen molar-refractivity contribution in [1.82, 2.24) is 9.55 Å². The second-order valence-corrected chi connectivity index (χ2v) is 4.76. The van der Waals surface area contributed by atoms with Gasteiger partial charge >= 0.3 is 0 Å². The first-order chi connectivity index (χ1) is 8.08. The lowest BCUT2D eigenvalue weighted by molar-refractivity contribution is 0.813. The predicted octanol–water partition coefficient (Wildman–Crippen LogP) is 3.99. The number of hydrogen-bond donors (Lipinski definition) is 1. The van der Waals surface area contributed by atoms with E-state index in [1.807, 2.05) is 7.05 Å². The van der Waals surface area contributed by atoms with Crippen LogP contribution in [0.2, 0.25) is 15.2 Å². The smallest absolute Gasteiger partial charge is 0.128 e. The van der Waals surface area contributed by atoms with Crippen molar-refractivity contribution >= 4 is 40.5 Å². The van der Waals surface area contributed by atoms with Gasteiger partial charge in [0, 0.05) is 12.1 Å². The summed E-state index contributed by atoms with van der Waals surface area (Å²) in [7, 11) is 1.85. The minimum Gasteiger partial charge on any atom is -0.377 e. The topological polar surface area (TPSA) is 29.9 Å². The van der Waals surface area contributed by atoms with Crippen LogP contribution < -0.4 is 5.32 Å². The predicted molar refractivity (Wildman–Crippen MR) is 72.0 cm³/mol. The molecule has 0 atom stereocenters. The lowest BCUT2D eigenvalue weighted by Crippen LogP contribution is -2.06. The Hall–Kier alpha value is -0.900. The number of anilines is 1. The molecule has 0 amide bonds. The zero-order chi connectivity index (χ0) is 12.4. The quantitative estimate of drug-likeness (QED) is 0.926. The van der Waals surface area contributed by atoms with Gasteiger partial charge in [-0.2, -0.15) is 0 Å². The van der Waals surface area contributed by atoms with Crippen LogP contribution in [0.5, 0.6) is 0 Å². The van der Waals surface area contributed by atoms with Crippen molar-refractivity contribution in [3.8, 4) is 0 Å². The molecule has 0 fully saturated rings. The monoisotopic (exact) mass is 289 g/mol. The highest BCUT2D eigenvalue weighted by Crippen LogP contribution is 2.25. The van der Waals surface area contributed by atoms with Gasteiger partial charge in [0.05, 0.1) is 23.5 Å². The van der Waals surface area contributed by atoms with Crippen LogP contribution in [0.15, 0.2) is 24.4 Å². The molecule has 1 aromatic heterocycles. The van der Waals surface area contributed by atoms with E-state index in [9.17, 15) is 0 Å². The third-order valence-electron chi connectivity index (χ3n) is 2.39. The Bertz CT molecular complexity index is 537. The number of hydrogen-bond acceptors (Lipinski definition) is 2. The number of halogens is 3. The fourth-order valence-corrected chi connectivity index (χ4v) is 1.90. The van der Waals surface area contributed by atoms with E-state index in [4.69, 9.17) is 34.8 Å². The molecule has 1 heterocycles. The average Bonchev–Trinajstić information content (AvgIpc) is 2.62. The van der Waals surface area contributed by atoms with Crippen LogP contribution in [0.1, 0.15) is 5.82 Å². The Labute approximate surface area is 114 Å². The summed E-state index contributed by atoms with van der Waals surface area (Å²) in [5, 5.41) is 5.02. The van der Waals surface area contributed by atoms with Crippen molar-refractivity contribution in [3.63, 3.8) is 0 Å². The molecule has 0 saturated carbocycles. The van der Waals surface area contributed by atoms with E-state index in [1.54, 1.807) is 29.0 Å². The summed E-state index contributed by atoms with van der Waals surface area (Å²) >= 11 is 17.8. The first-order valence-electron chi connectivity index (χ1n) is 4.93. The van der Waals surface area contributed by atoms with E-state index in [-0.39, 0.29) is 0 Å². The summed E-state index contributed by atoms with van der Waals surface area (Å²) in [4.78, 5) is 4.17. The second kappa shape index (κ2) is 5.17. The molecule has 0 aliphatic heterocycles. The number of imidazole rings is 1. The zero-order valence-electron chi connectivity index (χ0n) is 9.04. The van der Waals surface area contributed by atoms with E-state index in [0.717, 1.165) is 11.5 Å². The second-order valence-electron chi connectivity index (χ2n) is 3.53. The standard InChI is InChI=1S/C11H10Cl3N3/c1-17-10(14)5-16-11(17)6-15-9-4-7(12)2-3-8(9)13/h2-5,15H,6H2,1H3. The van der Waals surface area contributed by atoms with Gasteiger partial charge in [0.15, 0.2) is 0 Å². The SMILES string of the molecule is Cn1c(Cl)cnc1CNc1cc(Cl)ccc1Cl. The maximum absolute atomic E-state index is 6.03. The summed E-state index contributed by atoms with van der Waals surface area (Å²) in [6, 6.07) is 5.26. The largest absolute Gasteiger partial charge is 0.377 e. The summed E-state index contributed by atoms with van der Waals surface area (Å²) < 4.78 is 1.80. The van der Waals surface area contributed by atoms with Crippen molar-refractivity contribution in [2.24, 2.45) is 7.05 Å². The van der Waals surface area contributed by atoms with Crippen molar-refractivity contribution in [1.29, 1.82) is 0 Å². The molecular formula is C11H10Cl3N3. The number of aromatic nitrogens is 2. The van der Waals surface area contributed by atoms with Gasteiger partial charge < -0.3 is 9.88 Å². The molecule has 1 aromatic carbocycles. The first-order valence-corrected chi connectivity index (χ1v) is 6.06. The third kappa shape index (κ3) is 2.86. The molecule has 3 nitrogen and oxygen atoms in total. The van der Waals surface area contributed by atoms with E-state index < -0.39 is 0 Å². The van der Waals surface area contributed by atoms with Crippen LogP contribution in [0, 0.1) is 0 Å². The van der Waals surface area contributed by atoms with Crippen LogP contribution in [0.4, 0.5) is 5.69 Å². The molecule has 2 rings (SSSR count). The Morgan fingerprint density at radius 3 is 2.71 bits per heavy atom. The number of benzene rings is 1. The molecule has 2 aromatic rings. The van der Waals surface area contributed by atoms with E-state index in [2.05, 4.69) is 10.3 Å². The van der Waals surface area contributed by atoms with Gasteiger partial charge in [-0.3, -0.25) is 0 Å². The Morgan fingerprint density at radius 1 is 1.29 bits per heavy atom. The third-order valence-corrected chi connectivity index (χ3v) is 3.31. The molecule has 6 heteroatoms. The summed E-state index contributed by atoms with van der Waals surface area (Å²) in [5.41, 5.74) is 0.776. The molecular weight excluding hydrogens is 281 g/mol. The lowest BCUT2D eigenvalue weighted by Gasteiger charge is -2.08. The minimum atomic E-state index is 0.531.